The second-order valence-electron chi connectivity index (χ2n) is 4.32. The van der Waals surface area contributed by atoms with Crippen molar-refractivity contribution in [1.82, 2.24) is 19.3 Å². The highest BCUT2D eigenvalue weighted by Crippen LogP contribution is 2.29. The second-order valence-corrected chi connectivity index (χ2v) is 6.09. The molecule has 3 heterocycles. The summed E-state index contributed by atoms with van der Waals surface area (Å²) < 4.78 is 25.4. The topological polar surface area (TPSA) is 105 Å². The molecule has 108 valence electrons. The van der Waals surface area contributed by atoms with E-state index in [0.29, 0.717) is 11.5 Å². The van der Waals surface area contributed by atoms with Crippen molar-refractivity contribution in [3.8, 4) is 0 Å². The third-order valence-electron chi connectivity index (χ3n) is 3.03. The summed E-state index contributed by atoms with van der Waals surface area (Å²) in [5.41, 5.74) is 0.455. The van der Waals surface area contributed by atoms with Crippen molar-refractivity contribution in [2.24, 2.45) is 0 Å². The Morgan fingerprint density at radius 2 is 2.05 bits per heavy atom. The number of fused-ring (bicyclic) bond motifs is 1. The van der Waals surface area contributed by atoms with Crippen LogP contribution in [0, 0.1) is 0 Å². The monoisotopic (exact) mass is 305 g/mol. The summed E-state index contributed by atoms with van der Waals surface area (Å²) in [5.74, 6) is -0.0445. The molecule has 9 heteroatoms. The number of carbonyl (C=O) groups is 1. The fourth-order valence-corrected chi connectivity index (χ4v) is 3.43. The van der Waals surface area contributed by atoms with E-state index in [1.807, 2.05) is 0 Å². The molecule has 0 saturated carbocycles. The normalized spacial score (nSPS) is 15.9. The van der Waals surface area contributed by atoms with Crippen molar-refractivity contribution in [2.75, 3.05) is 12.4 Å². The Hall–Kier alpha value is -2.55. The Labute approximate surface area is 120 Å². The van der Waals surface area contributed by atoms with Crippen LogP contribution in [0.1, 0.15) is 16.1 Å². The highest BCUT2D eigenvalue weighted by atomic mass is 32.2. The van der Waals surface area contributed by atoms with Crippen LogP contribution < -0.4 is 5.32 Å². The predicted octanol–water partition coefficient (Wildman–Crippen LogP) is 0.258. The number of aromatic nitrogens is 3. The molecule has 21 heavy (non-hydrogen) atoms. The Balaban J connectivity index is 1.95. The van der Waals surface area contributed by atoms with Gasteiger partial charge >= 0.3 is 0 Å². The third kappa shape index (κ3) is 2.11. The maximum absolute atomic E-state index is 12.3. The van der Waals surface area contributed by atoms with Gasteiger partial charge in [-0.1, -0.05) is 0 Å². The maximum Gasteiger partial charge on any atom is 0.285 e. The number of amides is 1. The van der Waals surface area contributed by atoms with Crippen LogP contribution in [0.4, 0.5) is 5.82 Å². The molecule has 1 N–H and O–H groups in total. The van der Waals surface area contributed by atoms with Crippen LogP contribution in [0.5, 0.6) is 0 Å². The minimum absolute atomic E-state index is 0.0808. The van der Waals surface area contributed by atoms with Gasteiger partial charge in [-0.25, -0.2) is 14.3 Å². The lowest BCUT2D eigenvalue weighted by Gasteiger charge is -2.13. The number of nitrogens with one attached hydrogen (secondary N) is 1. The van der Waals surface area contributed by atoms with Crippen LogP contribution in [0.2, 0.25) is 0 Å². The summed E-state index contributed by atoms with van der Waals surface area (Å²) in [6.07, 6.45) is 4.23. The number of carbonyl (C=O) groups excluding carboxylic acids is 1. The van der Waals surface area contributed by atoms with E-state index < -0.39 is 15.9 Å². The number of sulfonamides is 1. The molecule has 0 radical (unpaired) electrons. The van der Waals surface area contributed by atoms with E-state index in [-0.39, 0.29) is 17.1 Å². The van der Waals surface area contributed by atoms with E-state index in [9.17, 15) is 13.2 Å². The van der Waals surface area contributed by atoms with Crippen LogP contribution in [0.3, 0.4) is 0 Å². The van der Waals surface area contributed by atoms with Crippen LogP contribution in [-0.2, 0) is 16.6 Å². The van der Waals surface area contributed by atoms with E-state index >= 15 is 0 Å². The molecular formula is C12H11N5O3S. The predicted molar refractivity (Wildman–Crippen MR) is 72.9 cm³/mol. The molecule has 2 aromatic heterocycles. The zero-order valence-corrected chi connectivity index (χ0v) is 11.8. The summed E-state index contributed by atoms with van der Waals surface area (Å²) in [6.45, 7) is -0.172. The van der Waals surface area contributed by atoms with Crippen molar-refractivity contribution in [3.05, 3.63) is 42.0 Å². The first-order chi connectivity index (χ1) is 10.0. The number of nitrogens with zero attached hydrogens (tertiary/aromatic N) is 4. The van der Waals surface area contributed by atoms with Crippen molar-refractivity contribution >= 4 is 21.7 Å². The van der Waals surface area contributed by atoms with Crippen LogP contribution >= 0.6 is 0 Å². The minimum atomic E-state index is -3.92. The molecule has 0 aromatic carbocycles. The molecule has 0 saturated heterocycles. The average Bonchev–Trinajstić information content (AvgIpc) is 2.70. The van der Waals surface area contributed by atoms with Gasteiger partial charge in [-0.2, -0.15) is 8.42 Å². The van der Waals surface area contributed by atoms with E-state index in [4.69, 9.17) is 0 Å². The van der Waals surface area contributed by atoms with Gasteiger partial charge in [-0.15, -0.1) is 0 Å². The zero-order chi connectivity index (χ0) is 15.0. The second kappa shape index (κ2) is 4.77. The average molecular weight is 305 g/mol. The molecule has 1 aliphatic heterocycles. The van der Waals surface area contributed by atoms with Crippen LogP contribution in [0.15, 0.2) is 35.7 Å². The largest absolute Gasteiger partial charge is 0.372 e. The number of hydrogen-bond acceptors (Lipinski definition) is 7. The lowest BCUT2D eigenvalue weighted by atomic mass is 10.2. The highest BCUT2D eigenvalue weighted by molar-refractivity contribution is 7.90. The maximum atomic E-state index is 12.3. The van der Waals surface area contributed by atoms with Crippen molar-refractivity contribution in [1.29, 1.82) is 0 Å². The van der Waals surface area contributed by atoms with Gasteiger partial charge in [-0.3, -0.25) is 9.78 Å². The van der Waals surface area contributed by atoms with Gasteiger partial charge in [0.1, 0.15) is 5.82 Å². The smallest absolute Gasteiger partial charge is 0.285 e. The quantitative estimate of drug-likeness (QED) is 0.867. The minimum Gasteiger partial charge on any atom is -0.372 e. The van der Waals surface area contributed by atoms with Crippen molar-refractivity contribution < 1.29 is 13.2 Å². The van der Waals surface area contributed by atoms with Gasteiger partial charge in [0.05, 0.1) is 30.2 Å². The summed E-state index contributed by atoms with van der Waals surface area (Å²) in [4.78, 5) is 24.1. The van der Waals surface area contributed by atoms with E-state index in [0.717, 1.165) is 4.31 Å². The summed E-state index contributed by atoms with van der Waals surface area (Å²) in [6, 6.07) is 2.97. The van der Waals surface area contributed by atoms with Crippen LogP contribution in [0.25, 0.3) is 0 Å². The van der Waals surface area contributed by atoms with Gasteiger partial charge in [0.2, 0.25) is 0 Å². The molecule has 2 aromatic rings. The first-order valence-electron chi connectivity index (χ1n) is 6.05. The molecule has 1 amide bonds. The number of hydrogen-bond donors (Lipinski definition) is 1. The Morgan fingerprint density at radius 1 is 1.24 bits per heavy atom. The molecule has 0 aliphatic carbocycles. The van der Waals surface area contributed by atoms with E-state index in [2.05, 4.69) is 20.3 Å². The number of pyridine rings is 1. The number of anilines is 1. The lowest BCUT2D eigenvalue weighted by Crippen LogP contribution is -2.30. The van der Waals surface area contributed by atoms with Crippen LogP contribution in [-0.4, -0.2) is 40.6 Å². The Bertz CT molecular complexity index is 804. The fraction of sp³-hybridized carbons (Fsp3) is 0.167. The standard InChI is InChI=1S/C12H11N5O3S/c1-13-10-6-15-8(5-16-10)7-17-12(18)9-3-2-4-14-11(9)21(17,19)20/h2-6H,7H2,1H3,(H,13,16). The molecule has 1 aliphatic rings. The molecule has 3 rings (SSSR count). The van der Waals surface area contributed by atoms with Gasteiger partial charge in [0.15, 0.2) is 5.03 Å². The fourth-order valence-electron chi connectivity index (χ4n) is 1.98. The molecule has 0 unspecified atom stereocenters. The number of rotatable bonds is 3. The summed E-state index contributed by atoms with van der Waals surface area (Å²) in [5, 5.41) is 2.59. The van der Waals surface area contributed by atoms with Crippen molar-refractivity contribution in [2.45, 2.75) is 11.6 Å². The molecule has 0 bridgehead atoms. The Kier molecular flexibility index (Phi) is 3.05. The van der Waals surface area contributed by atoms with E-state index in [1.54, 1.807) is 7.05 Å². The van der Waals surface area contributed by atoms with Gasteiger partial charge in [0, 0.05) is 13.2 Å². The highest BCUT2D eigenvalue weighted by Gasteiger charge is 2.42. The zero-order valence-electron chi connectivity index (χ0n) is 11.0. The van der Waals surface area contributed by atoms with Gasteiger partial charge < -0.3 is 5.32 Å². The Morgan fingerprint density at radius 3 is 2.67 bits per heavy atom. The third-order valence-corrected chi connectivity index (χ3v) is 4.72. The SMILES string of the molecule is CNc1cnc(CN2C(=O)c3cccnc3S2(=O)=O)cn1. The first-order valence-corrected chi connectivity index (χ1v) is 7.49. The van der Waals surface area contributed by atoms with Gasteiger partial charge in [-0.05, 0) is 12.1 Å². The molecule has 8 nitrogen and oxygen atoms in total. The lowest BCUT2D eigenvalue weighted by molar-refractivity contribution is 0.0863. The van der Waals surface area contributed by atoms with Crippen molar-refractivity contribution in [3.63, 3.8) is 0 Å². The van der Waals surface area contributed by atoms with Gasteiger partial charge in [0.25, 0.3) is 15.9 Å². The molecule has 0 fully saturated rings. The molecular weight excluding hydrogens is 294 g/mol. The van der Waals surface area contributed by atoms with E-state index in [1.165, 1.54) is 30.7 Å². The molecule has 0 atom stereocenters. The summed E-state index contributed by atoms with van der Waals surface area (Å²) >= 11 is 0. The summed E-state index contributed by atoms with van der Waals surface area (Å²) in [7, 11) is -2.23. The first kappa shape index (κ1) is 13.4. The molecule has 0 spiro atoms.